The molecule has 2 N–H and O–H groups in total. The molecule has 2 amide bonds. The Morgan fingerprint density at radius 2 is 1.89 bits per heavy atom. The first-order chi connectivity index (χ1) is 18.4. The quantitative estimate of drug-likeness (QED) is 0.442. The zero-order valence-corrected chi connectivity index (χ0v) is 22.6. The summed E-state index contributed by atoms with van der Waals surface area (Å²) < 4.78 is 5.04. The summed E-state index contributed by atoms with van der Waals surface area (Å²) in [6.45, 7) is 7.84. The predicted octanol–water partition coefficient (Wildman–Crippen LogP) is 3.80. The second kappa shape index (κ2) is 12.3. The number of amides is 2. The van der Waals surface area contributed by atoms with Gasteiger partial charge in [0.15, 0.2) is 0 Å². The number of benzene rings is 1. The summed E-state index contributed by atoms with van der Waals surface area (Å²) in [6, 6.07) is 5.79. The van der Waals surface area contributed by atoms with Crippen molar-refractivity contribution in [1.82, 2.24) is 20.6 Å². The molecular formula is C28H33N5O4S. The molecule has 200 valence electrons. The average molecular weight is 536 g/mol. The van der Waals surface area contributed by atoms with Crippen molar-refractivity contribution in [3.63, 3.8) is 0 Å². The third kappa shape index (κ3) is 6.24. The first-order valence-corrected chi connectivity index (χ1v) is 13.6. The lowest BCUT2D eigenvalue weighted by atomic mass is 9.95. The van der Waals surface area contributed by atoms with Crippen molar-refractivity contribution in [3.05, 3.63) is 71.7 Å². The zero-order chi connectivity index (χ0) is 27.1. The van der Waals surface area contributed by atoms with Gasteiger partial charge in [-0.1, -0.05) is 30.5 Å². The number of esters is 1. The van der Waals surface area contributed by atoms with E-state index in [4.69, 9.17) is 4.74 Å². The van der Waals surface area contributed by atoms with Crippen LogP contribution in [-0.2, 0) is 9.53 Å². The Morgan fingerprint density at radius 3 is 2.50 bits per heavy atom. The first kappa shape index (κ1) is 27.4. The molecule has 1 saturated heterocycles. The number of carbonyl (C=O) groups excluding carboxylic acids is 3. The predicted molar refractivity (Wildman–Crippen MR) is 149 cm³/mol. The van der Waals surface area contributed by atoms with Crippen LogP contribution in [0.4, 0.5) is 5.69 Å². The Hall–Kier alpha value is -3.66. The van der Waals surface area contributed by atoms with E-state index in [0.717, 1.165) is 42.1 Å². The van der Waals surface area contributed by atoms with Gasteiger partial charge in [-0.3, -0.25) is 9.59 Å². The van der Waals surface area contributed by atoms with Crippen LogP contribution in [-0.4, -0.2) is 60.0 Å². The summed E-state index contributed by atoms with van der Waals surface area (Å²) >= 11 is 1.54. The molecule has 2 aliphatic rings. The van der Waals surface area contributed by atoms with Crippen LogP contribution in [0.15, 0.2) is 55.0 Å². The maximum atomic E-state index is 12.9. The highest BCUT2D eigenvalue weighted by molar-refractivity contribution is 8.10. The minimum Gasteiger partial charge on any atom is -0.465 e. The number of allylic oxidation sites excluding steroid dienone is 1. The van der Waals surface area contributed by atoms with Gasteiger partial charge in [0, 0.05) is 36.9 Å². The summed E-state index contributed by atoms with van der Waals surface area (Å²) in [5.74, 6) is -0.554. The Kier molecular flexibility index (Phi) is 8.83. The minimum absolute atomic E-state index is 0.149. The van der Waals surface area contributed by atoms with Gasteiger partial charge in [0.05, 0.1) is 23.9 Å². The first-order valence-electron chi connectivity index (χ1n) is 12.7. The summed E-state index contributed by atoms with van der Waals surface area (Å²) in [4.78, 5) is 48.9. The maximum Gasteiger partial charge on any atom is 0.339 e. The standard InChI is InChI=1S/C28H33N5O4S/c1-4-24(38-5-2)20-6-7-22(26(35)37-3)23(14-20)33-12-8-19(9-13-33)15-31-27(36)28(10-11-28)32-25(34)21-16-29-18-30-17-21/h4-7,14,16-19H,2,8-13,15H2,1,3H3,(H,31,36)(H,32,34). The number of nitrogens with zero attached hydrogens (tertiary/aromatic N) is 3. The van der Waals surface area contributed by atoms with Crippen LogP contribution in [0.5, 0.6) is 0 Å². The Balaban J connectivity index is 1.35. The second-order valence-electron chi connectivity index (χ2n) is 9.46. The normalized spacial score (nSPS) is 16.9. The van der Waals surface area contributed by atoms with Crippen LogP contribution < -0.4 is 15.5 Å². The molecule has 2 heterocycles. The SMILES string of the molecule is C=CSC(=CC)c1ccc(C(=O)OC)c(N2CCC(CNC(=O)C3(NC(=O)c4cncnc4)CC3)CC2)c1. The van der Waals surface area contributed by atoms with Crippen molar-refractivity contribution in [2.45, 2.75) is 38.1 Å². The molecule has 0 unspecified atom stereocenters. The van der Waals surface area contributed by atoms with Crippen LogP contribution in [0, 0.1) is 5.92 Å². The van der Waals surface area contributed by atoms with Gasteiger partial charge < -0.3 is 20.3 Å². The second-order valence-corrected chi connectivity index (χ2v) is 10.5. The van der Waals surface area contributed by atoms with Gasteiger partial charge in [0.2, 0.25) is 5.91 Å². The van der Waals surface area contributed by atoms with Crippen LogP contribution in [0.2, 0.25) is 0 Å². The van der Waals surface area contributed by atoms with Gasteiger partial charge in [0.1, 0.15) is 11.9 Å². The number of ether oxygens (including phenoxy) is 1. The van der Waals surface area contributed by atoms with E-state index in [0.29, 0.717) is 36.4 Å². The molecule has 1 aliphatic heterocycles. The fourth-order valence-corrected chi connectivity index (χ4v) is 5.22. The van der Waals surface area contributed by atoms with Gasteiger partial charge in [0.25, 0.3) is 5.91 Å². The highest BCUT2D eigenvalue weighted by Crippen LogP contribution is 2.37. The van der Waals surface area contributed by atoms with Crippen LogP contribution in [0.3, 0.4) is 0 Å². The van der Waals surface area contributed by atoms with E-state index in [9.17, 15) is 14.4 Å². The van der Waals surface area contributed by atoms with Crippen molar-refractivity contribution < 1.29 is 19.1 Å². The number of hydrogen-bond acceptors (Lipinski definition) is 8. The zero-order valence-electron chi connectivity index (χ0n) is 21.7. The molecule has 1 saturated carbocycles. The highest BCUT2D eigenvalue weighted by atomic mass is 32.2. The van der Waals surface area contributed by atoms with Gasteiger partial charge in [-0.2, -0.15) is 0 Å². The van der Waals surface area contributed by atoms with E-state index in [1.807, 2.05) is 31.2 Å². The molecule has 0 radical (unpaired) electrons. The third-order valence-corrected chi connectivity index (χ3v) is 7.92. The fourth-order valence-electron chi connectivity index (χ4n) is 4.65. The Bertz CT molecular complexity index is 1220. The minimum atomic E-state index is -0.850. The molecule has 1 aromatic heterocycles. The average Bonchev–Trinajstić information content (AvgIpc) is 3.75. The number of piperidine rings is 1. The van der Waals surface area contributed by atoms with Gasteiger partial charge >= 0.3 is 5.97 Å². The number of anilines is 1. The lowest BCUT2D eigenvalue weighted by molar-refractivity contribution is -0.124. The smallest absolute Gasteiger partial charge is 0.339 e. The third-order valence-electron chi connectivity index (χ3n) is 7.03. The van der Waals surface area contributed by atoms with Crippen LogP contribution in [0.25, 0.3) is 4.91 Å². The van der Waals surface area contributed by atoms with E-state index < -0.39 is 5.54 Å². The Morgan fingerprint density at radius 1 is 1.18 bits per heavy atom. The maximum absolute atomic E-state index is 12.9. The lowest BCUT2D eigenvalue weighted by Crippen LogP contribution is -2.50. The van der Waals surface area contributed by atoms with Crippen molar-refractivity contribution in [2.24, 2.45) is 5.92 Å². The van der Waals surface area contributed by atoms with E-state index in [1.165, 1.54) is 25.8 Å². The summed E-state index contributed by atoms with van der Waals surface area (Å²) in [5.41, 5.74) is 1.90. The summed E-state index contributed by atoms with van der Waals surface area (Å²) in [6.07, 6.45) is 9.21. The Labute approximate surface area is 227 Å². The van der Waals surface area contributed by atoms with E-state index in [-0.39, 0.29) is 17.8 Å². The largest absolute Gasteiger partial charge is 0.465 e. The molecule has 1 aromatic carbocycles. The topological polar surface area (TPSA) is 114 Å². The number of aromatic nitrogens is 2. The summed E-state index contributed by atoms with van der Waals surface area (Å²) in [5, 5.41) is 7.70. The van der Waals surface area contributed by atoms with E-state index >= 15 is 0 Å². The number of thioether (sulfide) groups is 1. The number of carbonyl (C=O) groups is 3. The van der Waals surface area contributed by atoms with Crippen molar-refractivity contribution in [2.75, 3.05) is 31.6 Å². The van der Waals surface area contributed by atoms with Gasteiger partial charge in [-0.25, -0.2) is 14.8 Å². The molecule has 0 atom stereocenters. The summed E-state index contributed by atoms with van der Waals surface area (Å²) in [7, 11) is 1.39. The molecule has 1 aliphatic carbocycles. The van der Waals surface area contributed by atoms with Crippen LogP contribution >= 0.6 is 11.8 Å². The van der Waals surface area contributed by atoms with Crippen LogP contribution in [0.1, 0.15) is 58.9 Å². The highest BCUT2D eigenvalue weighted by Gasteiger charge is 2.51. The van der Waals surface area contributed by atoms with E-state index in [1.54, 1.807) is 17.2 Å². The number of nitrogens with one attached hydrogen (secondary N) is 2. The molecule has 4 rings (SSSR count). The molecule has 0 spiro atoms. The molecule has 2 fully saturated rings. The lowest BCUT2D eigenvalue weighted by Gasteiger charge is -2.35. The number of rotatable bonds is 10. The molecular weight excluding hydrogens is 502 g/mol. The number of hydrogen-bond donors (Lipinski definition) is 2. The monoisotopic (exact) mass is 535 g/mol. The molecule has 0 bridgehead atoms. The fraction of sp³-hybridized carbons (Fsp3) is 0.393. The molecule has 38 heavy (non-hydrogen) atoms. The van der Waals surface area contributed by atoms with E-state index in [2.05, 4.69) is 32.1 Å². The van der Waals surface area contributed by atoms with Gasteiger partial charge in [-0.05, 0) is 61.6 Å². The molecule has 2 aromatic rings. The van der Waals surface area contributed by atoms with Crippen molar-refractivity contribution in [1.29, 1.82) is 0 Å². The number of methoxy groups -OCH3 is 1. The van der Waals surface area contributed by atoms with Crippen molar-refractivity contribution >= 4 is 40.1 Å². The molecule has 10 heteroatoms. The van der Waals surface area contributed by atoms with Gasteiger partial charge in [-0.15, -0.1) is 0 Å². The molecule has 9 nitrogen and oxygen atoms in total. The van der Waals surface area contributed by atoms with Crippen molar-refractivity contribution in [3.8, 4) is 0 Å².